The van der Waals surface area contributed by atoms with Gasteiger partial charge in [-0.05, 0) is 37.5 Å². The van der Waals surface area contributed by atoms with Crippen LogP contribution in [0.1, 0.15) is 31.2 Å². The summed E-state index contributed by atoms with van der Waals surface area (Å²) in [6.07, 6.45) is 4.55. The molecule has 3 nitrogen and oxygen atoms in total. The van der Waals surface area contributed by atoms with Crippen LogP contribution in [0.3, 0.4) is 0 Å². The van der Waals surface area contributed by atoms with Crippen LogP contribution in [0.15, 0.2) is 18.2 Å². The molecule has 1 fully saturated rings. The molecule has 0 radical (unpaired) electrons. The summed E-state index contributed by atoms with van der Waals surface area (Å²) < 4.78 is 11.2. The molecule has 0 heterocycles. The Bertz CT molecular complexity index is 397. The highest BCUT2D eigenvalue weighted by Crippen LogP contribution is 2.29. The Hall–Kier alpha value is -0.930. The first-order valence-corrected chi connectivity index (χ1v) is 6.93. The maximum Gasteiger partial charge on any atom is 0.124 e. The summed E-state index contributed by atoms with van der Waals surface area (Å²) in [5, 5.41) is 0. The first kappa shape index (κ1) is 13.5. The van der Waals surface area contributed by atoms with Gasteiger partial charge < -0.3 is 15.2 Å². The predicted molar refractivity (Wildman–Crippen MR) is 73.4 cm³/mol. The molecule has 1 aromatic carbocycles. The van der Waals surface area contributed by atoms with Gasteiger partial charge in [0, 0.05) is 11.6 Å². The third-order valence-corrected chi connectivity index (χ3v) is 3.73. The van der Waals surface area contributed by atoms with Crippen LogP contribution in [0.5, 0.6) is 11.5 Å². The second kappa shape index (κ2) is 6.30. The molecule has 2 N–H and O–H groups in total. The van der Waals surface area contributed by atoms with Crippen LogP contribution in [0, 0.1) is 0 Å². The van der Waals surface area contributed by atoms with Gasteiger partial charge in [0.25, 0.3) is 0 Å². The zero-order chi connectivity index (χ0) is 13.0. The van der Waals surface area contributed by atoms with E-state index in [2.05, 4.69) is 0 Å². The van der Waals surface area contributed by atoms with Crippen LogP contribution in [-0.2, 0) is 5.88 Å². The fraction of sp³-hybridized carbons (Fsp3) is 0.571. The summed E-state index contributed by atoms with van der Waals surface area (Å²) in [6.45, 7) is 0. The lowest BCUT2D eigenvalue weighted by atomic mass is 9.93. The number of methoxy groups -OCH3 is 1. The quantitative estimate of drug-likeness (QED) is 0.855. The fourth-order valence-corrected chi connectivity index (χ4v) is 2.55. The molecule has 0 spiro atoms. The van der Waals surface area contributed by atoms with E-state index in [0.717, 1.165) is 29.9 Å². The maximum atomic E-state index is 6.09. The van der Waals surface area contributed by atoms with E-state index in [-0.39, 0.29) is 12.1 Å². The first-order chi connectivity index (χ1) is 8.74. The average Bonchev–Trinajstić information content (AvgIpc) is 2.41. The lowest BCUT2D eigenvalue weighted by Gasteiger charge is -2.29. The van der Waals surface area contributed by atoms with Gasteiger partial charge in [0.2, 0.25) is 0 Å². The molecule has 0 saturated heterocycles. The largest absolute Gasteiger partial charge is 0.497 e. The summed E-state index contributed by atoms with van der Waals surface area (Å²) in [4.78, 5) is 0. The Morgan fingerprint density at radius 2 is 2.11 bits per heavy atom. The molecule has 1 saturated carbocycles. The number of alkyl halides is 1. The second-order valence-electron chi connectivity index (χ2n) is 4.71. The number of benzene rings is 1. The molecule has 100 valence electrons. The molecule has 1 aliphatic rings. The van der Waals surface area contributed by atoms with Gasteiger partial charge in [0.05, 0.1) is 13.0 Å². The topological polar surface area (TPSA) is 44.5 Å². The van der Waals surface area contributed by atoms with E-state index in [1.165, 1.54) is 12.8 Å². The highest BCUT2D eigenvalue weighted by atomic mass is 35.5. The number of hydrogen-bond donors (Lipinski definition) is 1. The van der Waals surface area contributed by atoms with Gasteiger partial charge in [-0.2, -0.15) is 0 Å². The summed E-state index contributed by atoms with van der Waals surface area (Å²) in [6, 6.07) is 5.85. The van der Waals surface area contributed by atoms with Crippen LogP contribution in [0.4, 0.5) is 0 Å². The number of rotatable bonds is 4. The van der Waals surface area contributed by atoms with E-state index < -0.39 is 0 Å². The van der Waals surface area contributed by atoms with Crippen molar-refractivity contribution in [3.63, 3.8) is 0 Å². The van der Waals surface area contributed by atoms with E-state index in [0.29, 0.717) is 5.88 Å². The van der Waals surface area contributed by atoms with Crippen molar-refractivity contribution in [1.29, 1.82) is 0 Å². The van der Waals surface area contributed by atoms with Crippen LogP contribution < -0.4 is 15.2 Å². The van der Waals surface area contributed by atoms with Crippen molar-refractivity contribution >= 4 is 11.6 Å². The van der Waals surface area contributed by atoms with E-state index in [9.17, 15) is 0 Å². The number of halogens is 1. The molecular formula is C14H20ClNO2. The standard InChI is InChI=1S/C14H20ClNO2/c1-17-11-6-7-13(10(8-11)9-15)18-14-5-3-2-4-12(14)16/h6-8,12,14H,2-5,9,16H2,1H3/t12-,14+/m1/s1. The predicted octanol–water partition coefficient (Wildman–Crippen LogP) is 3.08. The minimum absolute atomic E-state index is 0.106. The summed E-state index contributed by atoms with van der Waals surface area (Å²) >= 11 is 5.95. The lowest BCUT2D eigenvalue weighted by Crippen LogP contribution is -2.41. The molecular weight excluding hydrogens is 250 g/mol. The van der Waals surface area contributed by atoms with Crippen molar-refractivity contribution in [3.05, 3.63) is 23.8 Å². The van der Waals surface area contributed by atoms with Crippen molar-refractivity contribution in [2.75, 3.05) is 7.11 Å². The summed E-state index contributed by atoms with van der Waals surface area (Å²) in [7, 11) is 1.64. The minimum Gasteiger partial charge on any atom is -0.497 e. The van der Waals surface area contributed by atoms with Crippen LogP contribution in [0.2, 0.25) is 0 Å². The van der Waals surface area contributed by atoms with Crippen molar-refractivity contribution in [2.45, 2.75) is 43.7 Å². The molecule has 0 unspecified atom stereocenters. The number of hydrogen-bond acceptors (Lipinski definition) is 3. The first-order valence-electron chi connectivity index (χ1n) is 6.39. The monoisotopic (exact) mass is 269 g/mol. The molecule has 18 heavy (non-hydrogen) atoms. The molecule has 0 amide bonds. The van der Waals surface area contributed by atoms with E-state index in [4.69, 9.17) is 26.8 Å². The summed E-state index contributed by atoms with van der Waals surface area (Å²) in [5.41, 5.74) is 7.04. The van der Waals surface area contributed by atoms with Crippen molar-refractivity contribution in [2.24, 2.45) is 5.73 Å². The van der Waals surface area contributed by atoms with Gasteiger partial charge in [-0.15, -0.1) is 11.6 Å². The van der Waals surface area contributed by atoms with E-state index >= 15 is 0 Å². The van der Waals surface area contributed by atoms with Gasteiger partial charge in [0.1, 0.15) is 17.6 Å². The van der Waals surface area contributed by atoms with Crippen molar-refractivity contribution in [1.82, 2.24) is 0 Å². The van der Waals surface area contributed by atoms with Gasteiger partial charge >= 0.3 is 0 Å². The summed E-state index contributed by atoms with van der Waals surface area (Å²) in [5.74, 6) is 2.04. The lowest BCUT2D eigenvalue weighted by molar-refractivity contribution is 0.131. The van der Waals surface area contributed by atoms with Gasteiger partial charge in [0.15, 0.2) is 0 Å². The van der Waals surface area contributed by atoms with Gasteiger partial charge in [-0.3, -0.25) is 0 Å². The SMILES string of the molecule is COc1ccc(O[C@H]2CCCC[C@H]2N)c(CCl)c1. The molecule has 4 heteroatoms. The molecule has 0 aliphatic heterocycles. The molecule has 1 aliphatic carbocycles. The molecule has 2 atom stereocenters. The third-order valence-electron chi connectivity index (χ3n) is 3.44. The fourth-order valence-electron chi connectivity index (χ4n) is 2.34. The normalized spacial score (nSPS) is 23.7. The Morgan fingerprint density at radius 3 is 2.78 bits per heavy atom. The zero-order valence-electron chi connectivity index (χ0n) is 10.7. The van der Waals surface area contributed by atoms with Crippen LogP contribution >= 0.6 is 11.6 Å². The zero-order valence-corrected chi connectivity index (χ0v) is 11.5. The average molecular weight is 270 g/mol. The smallest absolute Gasteiger partial charge is 0.124 e. The second-order valence-corrected chi connectivity index (χ2v) is 4.98. The Kier molecular flexibility index (Phi) is 4.72. The maximum absolute atomic E-state index is 6.09. The van der Waals surface area contributed by atoms with Gasteiger partial charge in [-0.25, -0.2) is 0 Å². The van der Waals surface area contributed by atoms with Gasteiger partial charge in [-0.1, -0.05) is 6.42 Å². The highest BCUT2D eigenvalue weighted by molar-refractivity contribution is 6.17. The highest BCUT2D eigenvalue weighted by Gasteiger charge is 2.24. The van der Waals surface area contributed by atoms with E-state index in [1.54, 1.807) is 7.11 Å². The Morgan fingerprint density at radius 1 is 1.33 bits per heavy atom. The third kappa shape index (κ3) is 3.09. The number of nitrogens with two attached hydrogens (primary N) is 1. The Balaban J connectivity index is 2.12. The van der Waals surface area contributed by atoms with Crippen LogP contribution in [0.25, 0.3) is 0 Å². The number of ether oxygens (including phenoxy) is 2. The molecule has 0 bridgehead atoms. The molecule has 1 aromatic rings. The minimum atomic E-state index is 0.106. The van der Waals surface area contributed by atoms with Crippen LogP contribution in [-0.4, -0.2) is 19.3 Å². The van der Waals surface area contributed by atoms with Crippen molar-refractivity contribution in [3.8, 4) is 11.5 Å². The molecule has 2 rings (SSSR count). The Labute approximate surface area is 113 Å². The molecule has 0 aromatic heterocycles. The van der Waals surface area contributed by atoms with E-state index in [1.807, 2.05) is 18.2 Å². The van der Waals surface area contributed by atoms with Crippen molar-refractivity contribution < 1.29 is 9.47 Å².